The Kier molecular flexibility index (Phi) is 3.51. The molecule has 0 amide bonds. The second-order valence-electron chi connectivity index (χ2n) is 3.21. The molecular weight excluding hydrogens is 228 g/mol. The first-order valence-electron chi connectivity index (χ1n) is 4.33. The summed E-state index contributed by atoms with van der Waals surface area (Å²) in [4.78, 5) is 10.2. The van der Waals surface area contributed by atoms with E-state index in [2.05, 4.69) is 0 Å². The molecule has 2 nitrogen and oxygen atoms in total. The average molecular weight is 236 g/mol. The molecule has 0 aliphatic rings. The van der Waals surface area contributed by atoms with Crippen LogP contribution in [0.2, 0.25) is 0 Å². The molecule has 0 aromatic heterocycles. The van der Waals surface area contributed by atoms with Gasteiger partial charge in [-0.15, -0.1) is 0 Å². The molecule has 0 fully saturated rings. The van der Waals surface area contributed by atoms with Crippen LogP contribution in [0.25, 0.3) is 0 Å². The SMILES string of the molecule is O=C(O)C(F)Cc1cccc(C(F)(F)F)c1. The molecule has 6 heteroatoms. The number of hydrogen-bond donors (Lipinski definition) is 1. The van der Waals surface area contributed by atoms with Crippen molar-refractivity contribution in [3.63, 3.8) is 0 Å². The van der Waals surface area contributed by atoms with Gasteiger partial charge in [0.15, 0.2) is 0 Å². The molecule has 1 aromatic rings. The zero-order valence-corrected chi connectivity index (χ0v) is 7.96. The van der Waals surface area contributed by atoms with Crippen LogP contribution in [0.3, 0.4) is 0 Å². The summed E-state index contributed by atoms with van der Waals surface area (Å²) >= 11 is 0. The van der Waals surface area contributed by atoms with Gasteiger partial charge in [-0.3, -0.25) is 0 Å². The zero-order valence-electron chi connectivity index (χ0n) is 7.96. The smallest absolute Gasteiger partial charge is 0.416 e. The highest BCUT2D eigenvalue weighted by Crippen LogP contribution is 2.29. The van der Waals surface area contributed by atoms with E-state index in [9.17, 15) is 22.4 Å². The van der Waals surface area contributed by atoms with Crippen LogP contribution < -0.4 is 0 Å². The maximum absolute atomic E-state index is 12.8. The molecule has 0 heterocycles. The van der Waals surface area contributed by atoms with Gasteiger partial charge in [-0.25, -0.2) is 9.18 Å². The minimum Gasteiger partial charge on any atom is -0.479 e. The van der Waals surface area contributed by atoms with E-state index in [1.54, 1.807) is 0 Å². The summed E-state index contributed by atoms with van der Waals surface area (Å²) in [6.45, 7) is 0. The van der Waals surface area contributed by atoms with E-state index in [0.717, 1.165) is 18.2 Å². The number of aliphatic carboxylic acids is 1. The Bertz CT molecular complexity index is 387. The summed E-state index contributed by atoms with van der Waals surface area (Å²) in [5.74, 6) is -1.68. The van der Waals surface area contributed by atoms with Gasteiger partial charge in [0, 0.05) is 6.42 Å². The minimum absolute atomic E-state index is 0.00438. The number of carboxylic acids is 1. The van der Waals surface area contributed by atoms with Gasteiger partial charge in [-0.2, -0.15) is 13.2 Å². The van der Waals surface area contributed by atoms with Gasteiger partial charge in [-0.05, 0) is 11.6 Å². The lowest BCUT2D eigenvalue weighted by Crippen LogP contribution is -2.17. The Morgan fingerprint density at radius 1 is 1.38 bits per heavy atom. The normalized spacial score (nSPS) is 13.5. The predicted octanol–water partition coefficient (Wildman–Crippen LogP) is 2.67. The molecule has 0 bridgehead atoms. The highest BCUT2D eigenvalue weighted by molar-refractivity contribution is 5.72. The van der Waals surface area contributed by atoms with Crippen LogP contribution in [0.4, 0.5) is 17.6 Å². The Morgan fingerprint density at radius 3 is 2.50 bits per heavy atom. The van der Waals surface area contributed by atoms with Gasteiger partial charge >= 0.3 is 12.1 Å². The number of carboxylic acid groups (broad SMARTS) is 1. The summed E-state index contributed by atoms with van der Waals surface area (Å²) in [6.07, 6.45) is -7.27. The number of hydrogen-bond acceptors (Lipinski definition) is 1. The van der Waals surface area contributed by atoms with E-state index in [0.29, 0.717) is 0 Å². The largest absolute Gasteiger partial charge is 0.479 e. The van der Waals surface area contributed by atoms with E-state index in [1.165, 1.54) is 6.07 Å². The summed E-state index contributed by atoms with van der Waals surface area (Å²) < 4.78 is 49.5. The van der Waals surface area contributed by atoms with Crippen molar-refractivity contribution in [1.82, 2.24) is 0 Å². The van der Waals surface area contributed by atoms with Crippen molar-refractivity contribution in [2.75, 3.05) is 0 Å². The molecule has 0 radical (unpaired) electrons. The van der Waals surface area contributed by atoms with Crippen molar-refractivity contribution in [2.45, 2.75) is 18.8 Å². The third-order valence-corrected chi connectivity index (χ3v) is 1.94. The predicted molar refractivity (Wildman–Crippen MR) is 47.7 cm³/mol. The summed E-state index contributed by atoms with van der Waals surface area (Å²) in [6, 6.07) is 3.96. The second-order valence-corrected chi connectivity index (χ2v) is 3.21. The van der Waals surface area contributed by atoms with Crippen molar-refractivity contribution in [2.24, 2.45) is 0 Å². The molecular formula is C10H8F4O2. The van der Waals surface area contributed by atoms with Gasteiger partial charge in [0.2, 0.25) is 6.17 Å². The second kappa shape index (κ2) is 4.51. The fourth-order valence-electron chi connectivity index (χ4n) is 1.17. The average Bonchev–Trinajstić information content (AvgIpc) is 2.16. The fraction of sp³-hybridized carbons (Fsp3) is 0.300. The summed E-state index contributed by atoms with van der Waals surface area (Å²) in [7, 11) is 0. The Hall–Kier alpha value is -1.59. The van der Waals surface area contributed by atoms with Crippen LogP contribution in [0.1, 0.15) is 11.1 Å². The standard InChI is InChI=1S/C10H8F4O2/c11-8(9(15)16)5-6-2-1-3-7(4-6)10(12,13)14/h1-4,8H,5H2,(H,15,16). The minimum atomic E-state index is -4.51. The van der Waals surface area contributed by atoms with E-state index in [1.807, 2.05) is 0 Å². The van der Waals surface area contributed by atoms with E-state index >= 15 is 0 Å². The Morgan fingerprint density at radius 2 is 2.00 bits per heavy atom. The molecule has 0 saturated carbocycles. The lowest BCUT2D eigenvalue weighted by atomic mass is 10.1. The molecule has 1 aromatic carbocycles. The van der Waals surface area contributed by atoms with Gasteiger partial charge < -0.3 is 5.11 Å². The van der Waals surface area contributed by atoms with Crippen LogP contribution in [-0.4, -0.2) is 17.2 Å². The molecule has 0 aliphatic carbocycles. The van der Waals surface area contributed by atoms with Crippen molar-refractivity contribution in [3.05, 3.63) is 35.4 Å². The maximum atomic E-state index is 12.8. The lowest BCUT2D eigenvalue weighted by Gasteiger charge is -2.09. The number of benzene rings is 1. The fourth-order valence-corrected chi connectivity index (χ4v) is 1.17. The molecule has 0 spiro atoms. The van der Waals surface area contributed by atoms with Crippen LogP contribution >= 0.6 is 0 Å². The maximum Gasteiger partial charge on any atom is 0.416 e. The first kappa shape index (κ1) is 12.5. The molecule has 1 rings (SSSR count). The molecule has 0 aliphatic heterocycles. The number of carbonyl (C=O) groups is 1. The third-order valence-electron chi connectivity index (χ3n) is 1.94. The van der Waals surface area contributed by atoms with E-state index in [-0.39, 0.29) is 5.56 Å². The van der Waals surface area contributed by atoms with E-state index < -0.39 is 30.3 Å². The van der Waals surface area contributed by atoms with Gasteiger partial charge in [0.05, 0.1) is 5.56 Å². The number of rotatable bonds is 3. The first-order chi connectivity index (χ1) is 7.30. The number of halogens is 4. The zero-order chi connectivity index (χ0) is 12.3. The first-order valence-corrected chi connectivity index (χ1v) is 4.33. The highest BCUT2D eigenvalue weighted by atomic mass is 19.4. The van der Waals surface area contributed by atoms with E-state index in [4.69, 9.17) is 5.11 Å². The molecule has 1 atom stereocenters. The Labute approximate surface area is 88.5 Å². The van der Waals surface area contributed by atoms with Crippen LogP contribution in [0, 0.1) is 0 Å². The Balaban J connectivity index is 2.87. The van der Waals surface area contributed by atoms with Gasteiger partial charge in [0.1, 0.15) is 0 Å². The molecule has 1 unspecified atom stereocenters. The van der Waals surface area contributed by atoms with Crippen LogP contribution in [0.15, 0.2) is 24.3 Å². The monoisotopic (exact) mass is 236 g/mol. The summed E-state index contributed by atoms with van der Waals surface area (Å²) in [5, 5.41) is 8.28. The number of alkyl halides is 4. The highest BCUT2D eigenvalue weighted by Gasteiger charge is 2.30. The lowest BCUT2D eigenvalue weighted by molar-refractivity contribution is -0.142. The van der Waals surface area contributed by atoms with Crippen molar-refractivity contribution in [3.8, 4) is 0 Å². The van der Waals surface area contributed by atoms with Crippen LogP contribution in [-0.2, 0) is 17.4 Å². The van der Waals surface area contributed by atoms with Crippen molar-refractivity contribution in [1.29, 1.82) is 0 Å². The molecule has 88 valence electrons. The molecule has 1 N–H and O–H groups in total. The van der Waals surface area contributed by atoms with Crippen molar-refractivity contribution >= 4 is 5.97 Å². The van der Waals surface area contributed by atoms with Crippen molar-refractivity contribution < 1.29 is 27.5 Å². The van der Waals surface area contributed by atoms with Gasteiger partial charge in [0.25, 0.3) is 0 Å². The quantitative estimate of drug-likeness (QED) is 0.819. The topological polar surface area (TPSA) is 37.3 Å². The molecule has 16 heavy (non-hydrogen) atoms. The third kappa shape index (κ3) is 3.22. The molecule has 0 saturated heterocycles. The van der Waals surface area contributed by atoms with Gasteiger partial charge in [-0.1, -0.05) is 18.2 Å². The summed E-state index contributed by atoms with van der Waals surface area (Å²) in [5.41, 5.74) is -0.910. The van der Waals surface area contributed by atoms with Crippen LogP contribution in [0.5, 0.6) is 0 Å².